The summed E-state index contributed by atoms with van der Waals surface area (Å²) in [6.07, 6.45) is 1.22. The molecule has 0 aliphatic carbocycles. The highest BCUT2D eigenvalue weighted by Gasteiger charge is 2.19. The number of hydrogen-bond donors (Lipinski definition) is 1. The van der Waals surface area contributed by atoms with Crippen LogP contribution in [0.15, 0.2) is 24.3 Å². The molecule has 1 N–H and O–H groups in total. The van der Waals surface area contributed by atoms with Crippen LogP contribution < -0.4 is 10.1 Å². The summed E-state index contributed by atoms with van der Waals surface area (Å²) in [5.41, 5.74) is 1.12. The lowest BCUT2D eigenvalue weighted by Crippen LogP contribution is -2.30. The van der Waals surface area contributed by atoms with Crippen LogP contribution in [0, 0.1) is 0 Å². The third-order valence-corrected chi connectivity index (χ3v) is 4.72. The minimum absolute atomic E-state index is 0.220. The molecule has 2 atom stereocenters. The van der Waals surface area contributed by atoms with E-state index >= 15 is 0 Å². The minimum atomic E-state index is -0.603. The van der Waals surface area contributed by atoms with E-state index in [9.17, 15) is 4.79 Å². The van der Waals surface area contributed by atoms with Gasteiger partial charge in [-0.2, -0.15) is 0 Å². The number of nitrogens with zero attached hydrogens (tertiary/aromatic N) is 2. The number of nitrogens with one attached hydrogen (secondary N) is 1. The molecule has 0 saturated carbocycles. The van der Waals surface area contributed by atoms with Crippen LogP contribution in [0.4, 0.5) is 5.13 Å². The molecule has 2 aromatic rings. The fourth-order valence-electron chi connectivity index (χ4n) is 2.11. The lowest BCUT2D eigenvalue weighted by atomic mass is 9.98. The summed E-state index contributed by atoms with van der Waals surface area (Å²) in [5.74, 6) is 0.926. The van der Waals surface area contributed by atoms with Crippen molar-refractivity contribution in [1.29, 1.82) is 0 Å². The second-order valence-electron chi connectivity index (χ2n) is 5.45. The Morgan fingerprint density at radius 2 is 2.00 bits per heavy atom. The molecule has 23 heavy (non-hydrogen) atoms. The number of carbonyl (C=O) groups is 1. The van der Waals surface area contributed by atoms with Gasteiger partial charge in [-0.05, 0) is 37.3 Å². The van der Waals surface area contributed by atoms with Gasteiger partial charge in [0.15, 0.2) is 6.10 Å². The number of para-hydroxylation sites is 1. The van der Waals surface area contributed by atoms with Crippen LogP contribution in [-0.4, -0.2) is 22.2 Å². The number of rotatable bonds is 7. The van der Waals surface area contributed by atoms with Gasteiger partial charge in [-0.25, -0.2) is 0 Å². The molecular weight excluding hydrogens is 310 g/mol. The standard InChI is InChI=1S/C17H23N3O2S/c1-5-11(3)13-9-7-8-10-14(13)22-12(4)16(21)18-17-20-19-15(6-2)23-17/h7-12H,5-6H2,1-4H3,(H,18,20,21). The van der Waals surface area contributed by atoms with Crippen LogP contribution in [-0.2, 0) is 11.2 Å². The van der Waals surface area contributed by atoms with Crippen molar-refractivity contribution in [2.24, 2.45) is 0 Å². The van der Waals surface area contributed by atoms with Crippen LogP contribution in [0.5, 0.6) is 5.75 Å². The molecule has 6 heteroatoms. The second kappa shape index (κ2) is 8.06. The first-order chi connectivity index (χ1) is 11.0. The molecule has 0 fully saturated rings. The fraction of sp³-hybridized carbons (Fsp3) is 0.471. The number of aryl methyl sites for hydroxylation is 1. The first kappa shape index (κ1) is 17.4. The second-order valence-corrected chi connectivity index (χ2v) is 6.51. The van der Waals surface area contributed by atoms with Crippen molar-refractivity contribution in [1.82, 2.24) is 10.2 Å². The van der Waals surface area contributed by atoms with Crippen molar-refractivity contribution in [3.8, 4) is 5.75 Å². The van der Waals surface area contributed by atoms with Gasteiger partial charge in [-0.15, -0.1) is 10.2 Å². The lowest BCUT2D eigenvalue weighted by molar-refractivity contribution is -0.122. The summed E-state index contributed by atoms with van der Waals surface area (Å²) < 4.78 is 5.88. The number of amides is 1. The Hall–Kier alpha value is -1.95. The summed E-state index contributed by atoms with van der Waals surface area (Å²) in [5, 5.41) is 12.1. The molecule has 1 amide bonds. The Kier molecular flexibility index (Phi) is 6.10. The highest BCUT2D eigenvalue weighted by Crippen LogP contribution is 2.29. The van der Waals surface area contributed by atoms with Crippen LogP contribution in [0.3, 0.4) is 0 Å². The molecule has 1 aromatic carbocycles. The van der Waals surface area contributed by atoms with Gasteiger partial charge in [0.2, 0.25) is 5.13 Å². The molecule has 124 valence electrons. The van der Waals surface area contributed by atoms with Gasteiger partial charge in [0.1, 0.15) is 10.8 Å². The topological polar surface area (TPSA) is 64.1 Å². The lowest BCUT2D eigenvalue weighted by Gasteiger charge is -2.19. The predicted octanol–water partition coefficient (Wildman–Crippen LogP) is 4.02. The molecule has 0 aliphatic rings. The van der Waals surface area contributed by atoms with E-state index in [2.05, 4.69) is 29.4 Å². The van der Waals surface area contributed by atoms with Crippen molar-refractivity contribution < 1.29 is 9.53 Å². The third kappa shape index (κ3) is 4.51. The fourth-order valence-corrected chi connectivity index (χ4v) is 2.80. The SMILES string of the molecule is CCc1nnc(NC(=O)C(C)Oc2ccccc2C(C)CC)s1. The Morgan fingerprint density at radius 1 is 1.26 bits per heavy atom. The van der Waals surface area contributed by atoms with E-state index < -0.39 is 6.10 Å². The molecule has 1 heterocycles. The summed E-state index contributed by atoms with van der Waals surface area (Å²) in [4.78, 5) is 12.3. The smallest absolute Gasteiger partial charge is 0.266 e. The predicted molar refractivity (Wildman–Crippen MR) is 93.2 cm³/mol. The van der Waals surface area contributed by atoms with Gasteiger partial charge in [-0.3, -0.25) is 10.1 Å². The molecule has 0 radical (unpaired) electrons. The molecule has 0 spiro atoms. The Balaban J connectivity index is 2.03. The highest BCUT2D eigenvalue weighted by atomic mass is 32.1. The van der Waals surface area contributed by atoms with Crippen LogP contribution in [0.25, 0.3) is 0 Å². The molecule has 2 rings (SSSR count). The molecule has 0 bridgehead atoms. The Bertz CT molecular complexity index is 657. The molecule has 0 saturated heterocycles. The number of carbonyl (C=O) groups excluding carboxylic acids is 1. The van der Waals surface area contributed by atoms with E-state index in [1.807, 2.05) is 31.2 Å². The van der Waals surface area contributed by atoms with Gasteiger partial charge in [0, 0.05) is 0 Å². The van der Waals surface area contributed by atoms with Gasteiger partial charge >= 0.3 is 0 Å². The minimum Gasteiger partial charge on any atom is -0.481 e. The number of ether oxygens (including phenoxy) is 1. The van der Waals surface area contributed by atoms with E-state index in [0.717, 1.165) is 29.2 Å². The summed E-state index contributed by atoms with van der Waals surface area (Å²) in [7, 11) is 0. The third-order valence-electron chi connectivity index (χ3n) is 3.73. The number of benzene rings is 1. The van der Waals surface area contributed by atoms with E-state index in [1.54, 1.807) is 6.92 Å². The first-order valence-corrected chi connectivity index (χ1v) is 8.75. The zero-order valence-corrected chi connectivity index (χ0v) is 14.8. The molecule has 1 aromatic heterocycles. The summed E-state index contributed by atoms with van der Waals surface area (Å²) in [6.45, 7) is 8.03. The Morgan fingerprint density at radius 3 is 2.65 bits per heavy atom. The van der Waals surface area contributed by atoms with Crippen molar-refractivity contribution >= 4 is 22.4 Å². The van der Waals surface area contributed by atoms with Gasteiger partial charge in [0.25, 0.3) is 5.91 Å². The zero-order chi connectivity index (χ0) is 16.8. The van der Waals surface area contributed by atoms with Crippen LogP contribution in [0.2, 0.25) is 0 Å². The van der Waals surface area contributed by atoms with Crippen molar-refractivity contribution in [2.45, 2.75) is 52.6 Å². The van der Waals surface area contributed by atoms with Gasteiger partial charge in [-0.1, -0.05) is 50.3 Å². The molecule has 5 nitrogen and oxygen atoms in total. The normalized spacial score (nSPS) is 13.4. The van der Waals surface area contributed by atoms with Crippen LogP contribution in [0.1, 0.15) is 50.6 Å². The van der Waals surface area contributed by atoms with Gasteiger partial charge in [0.05, 0.1) is 0 Å². The zero-order valence-electron chi connectivity index (χ0n) is 14.0. The van der Waals surface area contributed by atoms with Gasteiger partial charge < -0.3 is 4.74 Å². The maximum absolute atomic E-state index is 12.3. The van der Waals surface area contributed by atoms with E-state index in [4.69, 9.17) is 4.74 Å². The summed E-state index contributed by atoms with van der Waals surface area (Å²) in [6, 6.07) is 7.87. The van der Waals surface area contributed by atoms with Crippen molar-refractivity contribution in [3.63, 3.8) is 0 Å². The molecule has 0 aliphatic heterocycles. The van der Waals surface area contributed by atoms with E-state index in [0.29, 0.717) is 11.0 Å². The number of anilines is 1. The Labute approximate surface area is 141 Å². The van der Waals surface area contributed by atoms with E-state index in [-0.39, 0.29) is 5.91 Å². The largest absolute Gasteiger partial charge is 0.481 e. The van der Waals surface area contributed by atoms with E-state index in [1.165, 1.54) is 11.3 Å². The molecule has 2 unspecified atom stereocenters. The number of aromatic nitrogens is 2. The first-order valence-electron chi connectivity index (χ1n) is 7.93. The van der Waals surface area contributed by atoms with Crippen molar-refractivity contribution in [3.05, 3.63) is 34.8 Å². The summed E-state index contributed by atoms with van der Waals surface area (Å²) >= 11 is 1.39. The molecular formula is C17H23N3O2S. The average Bonchev–Trinajstić information content (AvgIpc) is 3.02. The van der Waals surface area contributed by atoms with Crippen LogP contribution >= 0.6 is 11.3 Å². The van der Waals surface area contributed by atoms with Crippen molar-refractivity contribution in [2.75, 3.05) is 5.32 Å². The average molecular weight is 333 g/mol. The highest BCUT2D eigenvalue weighted by molar-refractivity contribution is 7.15. The quantitative estimate of drug-likeness (QED) is 0.831. The number of hydrogen-bond acceptors (Lipinski definition) is 5. The maximum Gasteiger partial charge on any atom is 0.266 e. The maximum atomic E-state index is 12.3. The monoisotopic (exact) mass is 333 g/mol.